The van der Waals surface area contributed by atoms with Crippen LogP contribution in [0.15, 0.2) is 0 Å². The SMILES string of the molecule is CCCCCCCCCCCCCCCCSSNC(=O)C(N)=O. The number of primary amides is 1. The fourth-order valence-electron chi connectivity index (χ4n) is 2.51. The van der Waals surface area contributed by atoms with Crippen molar-refractivity contribution in [1.82, 2.24) is 4.72 Å². The largest absolute Gasteiger partial charge is 0.361 e. The van der Waals surface area contributed by atoms with Gasteiger partial charge in [0.25, 0.3) is 0 Å². The van der Waals surface area contributed by atoms with Crippen molar-refractivity contribution in [3.05, 3.63) is 0 Å². The monoisotopic (exact) mass is 376 g/mol. The van der Waals surface area contributed by atoms with Crippen molar-refractivity contribution in [2.45, 2.75) is 96.8 Å². The number of hydrogen-bond donors (Lipinski definition) is 2. The van der Waals surface area contributed by atoms with Crippen LogP contribution in [0.3, 0.4) is 0 Å². The van der Waals surface area contributed by atoms with Crippen LogP contribution < -0.4 is 10.5 Å². The van der Waals surface area contributed by atoms with Crippen LogP contribution in [0.4, 0.5) is 0 Å². The quantitative estimate of drug-likeness (QED) is 0.155. The molecule has 0 aromatic heterocycles. The molecule has 6 heteroatoms. The first kappa shape index (κ1) is 23.6. The van der Waals surface area contributed by atoms with Gasteiger partial charge in [-0.2, -0.15) is 0 Å². The molecule has 0 unspecified atom stereocenters. The zero-order valence-electron chi connectivity index (χ0n) is 15.3. The van der Waals surface area contributed by atoms with Crippen molar-refractivity contribution in [3.8, 4) is 0 Å². The first-order chi connectivity index (χ1) is 11.7. The van der Waals surface area contributed by atoms with Crippen LogP contribution in [0, 0.1) is 0 Å². The zero-order valence-corrected chi connectivity index (χ0v) is 16.9. The summed E-state index contributed by atoms with van der Waals surface area (Å²) in [6.45, 7) is 2.27. The predicted octanol–water partition coefficient (Wildman–Crippen LogP) is 5.37. The Hall–Kier alpha value is -0.360. The van der Waals surface area contributed by atoms with Gasteiger partial charge in [0, 0.05) is 16.7 Å². The third kappa shape index (κ3) is 18.0. The number of nitrogens with one attached hydrogen (secondary N) is 1. The summed E-state index contributed by atoms with van der Waals surface area (Å²) in [5, 5.41) is 0. The van der Waals surface area contributed by atoms with Gasteiger partial charge in [0.2, 0.25) is 0 Å². The maximum atomic E-state index is 10.9. The predicted molar refractivity (Wildman–Crippen MR) is 108 cm³/mol. The van der Waals surface area contributed by atoms with Crippen LogP contribution in [0.1, 0.15) is 96.8 Å². The molecule has 0 fully saturated rings. The summed E-state index contributed by atoms with van der Waals surface area (Å²) in [6, 6.07) is 0. The van der Waals surface area contributed by atoms with Crippen molar-refractivity contribution in [3.63, 3.8) is 0 Å². The molecule has 0 radical (unpaired) electrons. The molecular formula is C18H36N2O2S2. The molecule has 4 nitrogen and oxygen atoms in total. The Morgan fingerprint density at radius 2 is 1.17 bits per heavy atom. The second-order valence-corrected chi connectivity index (χ2v) is 8.52. The van der Waals surface area contributed by atoms with Gasteiger partial charge in [-0.25, -0.2) is 0 Å². The molecule has 0 rings (SSSR count). The molecule has 0 aliphatic rings. The molecule has 0 atom stereocenters. The number of carbonyl (C=O) groups excluding carboxylic acids is 2. The molecule has 0 aliphatic carbocycles. The average molecular weight is 377 g/mol. The zero-order chi connectivity index (χ0) is 17.9. The smallest absolute Gasteiger partial charge is 0.319 e. The summed E-state index contributed by atoms with van der Waals surface area (Å²) in [5.41, 5.74) is 4.83. The van der Waals surface area contributed by atoms with Gasteiger partial charge >= 0.3 is 11.8 Å². The van der Waals surface area contributed by atoms with E-state index >= 15 is 0 Å². The van der Waals surface area contributed by atoms with Crippen LogP contribution in [-0.4, -0.2) is 17.6 Å². The van der Waals surface area contributed by atoms with Gasteiger partial charge in [0.05, 0.1) is 0 Å². The van der Waals surface area contributed by atoms with Gasteiger partial charge in [0.15, 0.2) is 0 Å². The summed E-state index contributed by atoms with van der Waals surface area (Å²) >= 11 is 0. The Morgan fingerprint density at radius 1 is 0.750 bits per heavy atom. The van der Waals surface area contributed by atoms with E-state index in [1.54, 1.807) is 10.8 Å². The molecule has 142 valence electrons. The lowest BCUT2D eigenvalue weighted by molar-refractivity contribution is -0.136. The molecule has 2 amide bonds. The standard InChI is InChI=1S/C18H36N2O2S2/c1-2-3-4-5-6-7-8-9-10-11-12-13-14-15-16-23-24-20-18(22)17(19)21/h2-16H2,1H3,(H2,19,21)(H,20,22). The van der Waals surface area contributed by atoms with Crippen LogP contribution in [-0.2, 0) is 9.59 Å². The van der Waals surface area contributed by atoms with E-state index in [-0.39, 0.29) is 0 Å². The number of amides is 2. The molecule has 3 N–H and O–H groups in total. The molecule has 0 aromatic rings. The average Bonchev–Trinajstić information content (AvgIpc) is 2.57. The van der Waals surface area contributed by atoms with Gasteiger partial charge in [-0.15, -0.1) is 0 Å². The van der Waals surface area contributed by atoms with E-state index in [4.69, 9.17) is 5.73 Å². The maximum absolute atomic E-state index is 10.9. The van der Waals surface area contributed by atoms with Crippen molar-refractivity contribution in [2.24, 2.45) is 5.73 Å². The summed E-state index contributed by atoms with van der Waals surface area (Å²) in [7, 11) is 2.75. The van der Waals surface area contributed by atoms with E-state index in [1.165, 1.54) is 94.5 Å². The highest BCUT2D eigenvalue weighted by Gasteiger charge is 2.07. The van der Waals surface area contributed by atoms with Crippen molar-refractivity contribution < 1.29 is 9.59 Å². The second-order valence-electron chi connectivity index (χ2n) is 6.30. The van der Waals surface area contributed by atoms with Crippen LogP contribution in [0.25, 0.3) is 0 Å². The van der Waals surface area contributed by atoms with Gasteiger partial charge in [-0.1, -0.05) is 101 Å². The van der Waals surface area contributed by atoms with Crippen LogP contribution in [0.5, 0.6) is 0 Å². The Kier molecular flexibility index (Phi) is 18.7. The fourth-order valence-corrected chi connectivity index (χ4v) is 4.16. The van der Waals surface area contributed by atoms with Crippen molar-refractivity contribution in [2.75, 3.05) is 5.75 Å². The van der Waals surface area contributed by atoms with Crippen molar-refractivity contribution in [1.29, 1.82) is 0 Å². The molecule has 0 saturated carbocycles. The van der Waals surface area contributed by atoms with Gasteiger partial charge < -0.3 is 5.73 Å². The number of carbonyl (C=O) groups is 2. The topological polar surface area (TPSA) is 72.2 Å². The van der Waals surface area contributed by atoms with Gasteiger partial charge in [-0.3, -0.25) is 14.3 Å². The summed E-state index contributed by atoms with van der Waals surface area (Å²) < 4.78 is 2.40. The molecule has 0 spiro atoms. The summed E-state index contributed by atoms with van der Waals surface area (Å²) in [5.74, 6) is -0.671. The van der Waals surface area contributed by atoms with Crippen LogP contribution >= 0.6 is 21.8 Å². The molecule has 0 aliphatic heterocycles. The van der Waals surface area contributed by atoms with E-state index in [2.05, 4.69) is 11.6 Å². The van der Waals surface area contributed by atoms with Crippen LogP contribution in [0.2, 0.25) is 0 Å². The number of unbranched alkanes of at least 4 members (excludes halogenated alkanes) is 13. The third-order valence-electron chi connectivity index (χ3n) is 4.00. The number of nitrogens with two attached hydrogens (primary N) is 1. The van der Waals surface area contributed by atoms with Gasteiger partial charge in [-0.05, 0) is 6.42 Å². The highest BCUT2D eigenvalue weighted by molar-refractivity contribution is 8.76. The summed E-state index contributed by atoms with van der Waals surface area (Å²) in [4.78, 5) is 21.4. The molecule has 0 aromatic carbocycles. The second kappa shape index (κ2) is 19.0. The number of rotatable bonds is 17. The fraction of sp³-hybridized carbons (Fsp3) is 0.889. The maximum Gasteiger partial charge on any atom is 0.319 e. The first-order valence-electron chi connectivity index (χ1n) is 9.56. The number of hydrogen-bond acceptors (Lipinski definition) is 4. The molecule has 0 saturated heterocycles. The lowest BCUT2D eigenvalue weighted by Crippen LogP contribution is -2.31. The third-order valence-corrected chi connectivity index (χ3v) is 5.94. The Morgan fingerprint density at radius 3 is 1.58 bits per heavy atom. The van der Waals surface area contributed by atoms with Crippen molar-refractivity contribution >= 4 is 33.6 Å². The van der Waals surface area contributed by atoms with E-state index in [0.29, 0.717) is 0 Å². The first-order valence-corrected chi connectivity index (χ1v) is 11.9. The minimum atomic E-state index is -0.931. The molecule has 24 heavy (non-hydrogen) atoms. The Balaban J connectivity index is 3.05. The Bertz CT molecular complexity index is 315. The van der Waals surface area contributed by atoms with E-state index in [1.807, 2.05) is 0 Å². The lowest BCUT2D eigenvalue weighted by Gasteiger charge is -2.03. The van der Waals surface area contributed by atoms with E-state index in [0.717, 1.165) is 12.2 Å². The van der Waals surface area contributed by atoms with E-state index < -0.39 is 11.8 Å². The highest BCUT2D eigenvalue weighted by atomic mass is 33.1. The molecule has 0 heterocycles. The lowest BCUT2D eigenvalue weighted by atomic mass is 10.0. The van der Waals surface area contributed by atoms with Gasteiger partial charge in [0.1, 0.15) is 0 Å². The summed E-state index contributed by atoms with van der Waals surface area (Å²) in [6.07, 6.45) is 19.0. The minimum absolute atomic E-state index is 0.728. The highest BCUT2D eigenvalue weighted by Crippen LogP contribution is 2.20. The molecular weight excluding hydrogens is 340 g/mol. The Labute approximate surface area is 156 Å². The minimum Gasteiger partial charge on any atom is -0.361 e. The van der Waals surface area contributed by atoms with E-state index in [9.17, 15) is 9.59 Å². The normalized spacial score (nSPS) is 10.7. The molecule has 0 bridgehead atoms.